The number of pyridine rings is 1. The number of fused-ring (bicyclic) bond motifs is 1. The topological polar surface area (TPSA) is 58.9 Å². The molecule has 0 saturated carbocycles. The smallest absolute Gasteiger partial charge is 0.251 e. The van der Waals surface area contributed by atoms with Crippen LogP contribution in [0.5, 0.6) is 0 Å². The molecule has 0 atom stereocenters. The Labute approximate surface area is 107 Å². The van der Waals surface area contributed by atoms with E-state index in [1.807, 2.05) is 39.8 Å². The molecule has 2 rings (SSSR count). The van der Waals surface area contributed by atoms with Crippen LogP contribution < -0.4 is 11.3 Å². The average Bonchev–Trinajstić information content (AvgIpc) is 2.24. The van der Waals surface area contributed by atoms with Crippen LogP contribution in [0.1, 0.15) is 30.5 Å². The number of aromatic nitrogens is 1. The molecule has 0 aliphatic heterocycles. The highest BCUT2D eigenvalue weighted by molar-refractivity contribution is 5.83. The first-order chi connectivity index (χ1) is 8.28. The van der Waals surface area contributed by atoms with Gasteiger partial charge < -0.3 is 10.7 Å². The zero-order valence-corrected chi connectivity index (χ0v) is 11.4. The zero-order valence-electron chi connectivity index (χ0n) is 11.4. The molecule has 0 fully saturated rings. The molecule has 96 valence electrons. The Bertz CT molecular complexity index is 648. The normalized spacial score (nSPS) is 12.1. The Morgan fingerprint density at radius 2 is 1.94 bits per heavy atom. The summed E-state index contributed by atoms with van der Waals surface area (Å²) in [5.41, 5.74) is 9.57. The molecule has 2 aromatic rings. The van der Waals surface area contributed by atoms with Gasteiger partial charge in [-0.3, -0.25) is 4.79 Å². The zero-order chi connectivity index (χ0) is 13.5. The van der Waals surface area contributed by atoms with E-state index < -0.39 is 0 Å². The van der Waals surface area contributed by atoms with Crippen LogP contribution in [0.4, 0.5) is 0 Å². The summed E-state index contributed by atoms with van der Waals surface area (Å²) in [6, 6.07) is 6.07. The van der Waals surface area contributed by atoms with Crippen LogP contribution in [0.3, 0.4) is 0 Å². The fourth-order valence-corrected chi connectivity index (χ4v) is 2.19. The quantitative estimate of drug-likeness (QED) is 0.852. The van der Waals surface area contributed by atoms with E-state index in [-0.39, 0.29) is 11.1 Å². The van der Waals surface area contributed by atoms with Crippen molar-refractivity contribution in [2.45, 2.75) is 39.7 Å². The van der Waals surface area contributed by atoms with Crippen molar-refractivity contribution in [1.82, 2.24) is 4.98 Å². The lowest BCUT2D eigenvalue weighted by Crippen LogP contribution is -2.36. The van der Waals surface area contributed by atoms with Crippen LogP contribution in [0, 0.1) is 13.8 Å². The first-order valence-electron chi connectivity index (χ1n) is 6.19. The standard InChI is InChI=1S/C15H20N2O/c1-9-5-6-11-7-12(8-15(3,4)16)14(18)17-13(11)10(9)2/h5-7H,8,16H2,1-4H3,(H,17,18). The number of aryl methyl sites for hydroxylation is 2. The SMILES string of the molecule is Cc1ccc2cc(CC(C)(C)N)c(=O)[nH]c2c1C. The van der Waals surface area contributed by atoms with E-state index in [0.717, 1.165) is 22.0 Å². The molecule has 0 bridgehead atoms. The second-order valence-electron chi connectivity index (χ2n) is 5.76. The van der Waals surface area contributed by atoms with Crippen molar-refractivity contribution in [2.75, 3.05) is 0 Å². The number of rotatable bonds is 2. The van der Waals surface area contributed by atoms with Crippen molar-refractivity contribution in [3.05, 3.63) is 45.2 Å². The van der Waals surface area contributed by atoms with Crippen molar-refractivity contribution in [3.63, 3.8) is 0 Å². The van der Waals surface area contributed by atoms with Gasteiger partial charge in [-0.05, 0) is 56.7 Å². The van der Waals surface area contributed by atoms with Gasteiger partial charge in [0, 0.05) is 11.1 Å². The molecule has 0 aliphatic carbocycles. The highest BCUT2D eigenvalue weighted by Gasteiger charge is 2.15. The molecular formula is C15H20N2O. The maximum absolute atomic E-state index is 12.1. The highest BCUT2D eigenvalue weighted by Crippen LogP contribution is 2.19. The van der Waals surface area contributed by atoms with Gasteiger partial charge in [0.1, 0.15) is 0 Å². The van der Waals surface area contributed by atoms with Crippen molar-refractivity contribution < 1.29 is 0 Å². The second-order valence-corrected chi connectivity index (χ2v) is 5.76. The van der Waals surface area contributed by atoms with Crippen molar-refractivity contribution in [1.29, 1.82) is 0 Å². The summed E-state index contributed by atoms with van der Waals surface area (Å²) in [7, 11) is 0. The Morgan fingerprint density at radius 1 is 1.28 bits per heavy atom. The third-order valence-corrected chi connectivity index (χ3v) is 3.27. The van der Waals surface area contributed by atoms with Crippen LogP contribution in [0.15, 0.2) is 23.0 Å². The maximum Gasteiger partial charge on any atom is 0.251 e. The lowest BCUT2D eigenvalue weighted by Gasteiger charge is -2.18. The molecule has 1 aromatic heterocycles. The van der Waals surface area contributed by atoms with Gasteiger partial charge in [0.15, 0.2) is 0 Å². The van der Waals surface area contributed by atoms with Crippen LogP contribution in [-0.2, 0) is 6.42 Å². The van der Waals surface area contributed by atoms with Gasteiger partial charge in [0.25, 0.3) is 5.56 Å². The fourth-order valence-electron chi connectivity index (χ4n) is 2.19. The summed E-state index contributed by atoms with van der Waals surface area (Å²) >= 11 is 0. The van der Waals surface area contributed by atoms with E-state index in [0.29, 0.717) is 6.42 Å². The van der Waals surface area contributed by atoms with Gasteiger partial charge in [-0.2, -0.15) is 0 Å². The van der Waals surface area contributed by atoms with Gasteiger partial charge in [-0.1, -0.05) is 12.1 Å². The second kappa shape index (κ2) is 4.25. The maximum atomic E-state index is 12.1. The summed E-state index contributed by atoms with van der Waals surface area (Å²) in [5.74, 6) is 0. The molecule has 0 saturated heterocycles. The highest BCUT2D eigenvalue weighted by atomic mass is 16.1. The van der Waals surface area contributed by atoms with Crippen LogP contribution in [0.2, 0.25) is 0 Å². The van der Waals surface area contributed by atoms with Crippen LogP contribution >= 0.6 is 0 Å². The van der Waals surface area contributed by atoms with Crippen molar-refractivity contribution >= 4 is 10.9 Å². The van der Waals surface area contributed by atoms with E-state index in [1.165, 1.54) is 5.56 Å². The molecule has 0 spiro atoms. The lowest BCUT2D eigenvalue weighted by molar-refractivity contribution is 0.514. The largest absolute Gasteiger partial charge is 0.325 e. The molecule has 3 N–H and O–H groups in total. The molecular weight excluding hydrogens is 224 g/mol. The van der Waals surface area contributed by atoms with E-state index in [9.17, 15) is 4.79 Å². The molecule has 0 radical (unpaired) electrons. The minimum Gasteiger partial charge on any atom is -0.325 e. The third kappa shape index (κ3) is 2.46. The first kappa shape index (κ1) is 12.8. The van der Waals surface area contributed by atoms with Crippen LogP contribution in [-0.4, -0.2) is 10.5 Å². The molecule has 0 unspecified atom stereocenters. The number of H-pyrrole nitrogens is 1. The van der Waals surface area contributed by atoms with Gasteiger partial charge in [-0.25, -0.2) is 0 Å². The Balaban J connectivity index is 2.64. The molecule has 0 aliphatic rings. The minimum atomic E-state index is -0.375. The molecule has 0 amide bonds. The summed E-state index contributed by atoms with van der Waals surface area (Å²) in [5, 5.41) is 1.07. The average molecular weight is 244 g/mol. The Morgan fingerprint density at radius 3 is 2.56 bits per heavy atom. The number of hydrogen-bond acceptors (Lipinski definition) is 2. The number of nitrogens with two attached hydrogens (primary N) is 1. The molecule has 1 aromatic carbocycles. The van der Waals surface area contributed by atoms with E-state index in [1.54, 1.807) is 0 Å². The van der Waals surface area contributed by atoms with E-state index in [2.05, 4.69) is 11.1 Å². The van der Waals surface area contributed by atoms with Gasteiger partial charge >= 0.3 is 0 Å². The van der Waals surface area contributed by atoms with Crippen molar-refractivity contribution in [3.8, 4) is 0 Å². The lowest BCUT2D eigenvalue weighted by atomic mass is 9.95. The Hall–Kier alpha value is -1.61. The summed E-state index contributed by atoms with van der Waals surface area (Å²) in [6.45, 7) is 7.93. The summed E-state index contributed by atoms with van der Waals surface area (Å²) in [6.07, 6.45) is 0.575. The fraction of sp³-hybridized carbons (Fsp3) is 0.400. The van der Waals surface area contributed by atoms with E-state index >= 15 is 0 Å². The number of nitrogens with one attached hydrogen (secondary N) is 1. The monoisotopic (exact) mass is 244 g/mol. The minimum absolute atomic E-state index is 0.0327. The molecule has 1 heterocycles. The third-order valence-electron chi connectivity index (χ3n) is 3.27. The van der Waals surface area contributed by atoms with Gasteiger partial charge in [-0.15, -0.1) is 0 Å². The summed E-state index contributed by atoms with van der Waals surface area (Å²) in [4.78, 5) is 15.0. The number of benzene rings is 1. The predicted molar refractivity (Wildman–Crippen MR) is 76.0 cm³/mol. The van der Waals surface area contributed by atoms with E-state index in [4.69, 9.17) is 5.73 Å². The molecule has 3 heteroatoms. The number of hydrogen-bond donors (Lipinski definition) is 2. The van der Waals surface area contributed by atoms with Crippen LogP contribution in [0.25, 0.3) is 10.9 Å². The molecule has 18 heavy (non-hydrogen) atoms. The number of aromatic amines is 1. The van der Waals surface area contributed by atoms with Crippen molar-refractivity contribution in [2.24, 2.45) is 5.73 Å². The van der Waals surface area contributed by atoms with Gasteiger partial charge in [0.05, 0.1) is 5.52 Å². The first-order valence-corrected chi connectivity index (χ1v) is 6.19. The predicted octanol–water partition coefficient (Wildman–Crippen LogP) is 2.42. The van der Waals surface area contributed by atoms with Gasteiger partial charge in [0.2, 0.25) is 0 Å². The summed E-state index contributed by atoms with van der Waals surface area (Å²) < 4.78 is 0. The molecule has 3 nitrogen and oxygen atoms in total. The Kier molecular flexibility index (Phi) is 3.03.